The monoisotopic (exact) mass is 460 g/mol. The fourth-order valence-corrected chi connectivity index (χ4v) is 2.05. The third kappa shape index (κ3) is 7.50. The Hall–Kier alpha value is -1.51. The highest BCUT2D eigenvalue weighted by Gasteiger charge is 2.18. The van der Waals surface area contributed by atoms with E-state index in [2.05, 4.69) is 48.3 Å². The smallest absolute Gasteiger partial charge is 0.216 e. The van der Waals surface area contributed by atoms with Crippen molar-refractivity contribution in [1.29, 1.82) is 0 Å². The molecule has 6 nitrogen and oxygen atoms in total. The summed E-state index contributed by atoms with van der Waals surface area (Å²) in [5.74, 6) is 3.23. The van der Waals surface area contributed by atoms with Crippen LogP contribution < -0.4 is 10.6 Å². The lowest BCUT2D eigenvalue weighted by atomic mass is 9.94. The molecular weight excluding hydrogens is 431 g/mol. The van der Waals surface area contributed by atoms with Crippen LogP contribution >= 0.6 is 24.0 Å². The average Bonchev–Trinajstić information content (AvgIpc) is 3.20. The first-order chi connectivity index (χ1) is 11.5. The van der Waals surface area contributed by atoms with E-state index in [1.54, 1.807) is 12.5 Å². The fourth-order valence-electron chi connectivity index (χ4n) is 2.05. The molecule has 0 aliphatic heterocycles. The van der Waals surface area contributed by atoms with Crippen molar-refractivity contribution >= 4 is 29.9 Å². The van der Waals surface area contributed by atoms with Crippen LogP contribution in [0.4, 0.5) is 0 Å². The second-order valence-electron chi connectivity index (χ2n) is 6.72. The largest absolute Gasteiger partial charge is 0.469 e. The van der Waals surface area contributed by atoms with E-state index in [-0.39, 0.29) is 29.4 Å². The molecule has 0 unspecified atom stereocenters. The molecule has 0 amide bonds. The van der Waals surface area contributed by atoms with Gasteiger partial charge in [0, 0.05) is 24.9 Å². The normalized spacial score (nSPS) is 11.9. The highest BCUT2D eigenvalue weighted by molar-refractivity contribution is 14.0. The number of rotatable bonds is 7. The quantitative estimate of drug-likeness (QED) is 0.373. The third-order valence-corrected chi connectivity index (χ3v) is 3.45. The molecule has 2 aromatic rings. The predicted molar refractivity (Wildman–Crippen MR) is 110 cm³/mol. The van der Waals surface area contributed by atoms with E-state index in [0.717, 1.165) is 43.4 Å². The summed E-state index contributed by atoms with van der Waals surface area (Å²) in [5.41, 5.74) is -0.0421. The summed E-state index contributed by atoms with van der Waals surface area (Å²) >= 11 is 0. The highest BCUT2D eigenvalue weighted by Crippen LogP contribution is 2.22. The SMILES string of the molecule is CCCNC(=NCc1ncc(C(C)(C)C)o1)NCCc1ccco1.I. The maximum atomic E-state index is 5.78. The Morgan fingerprint density at radius 1 is 1.24 bits per heavy atom. The summed E-state index contributed by atoms with van der Waals surface area (Å²) in [6, 6.07) is 3.87. The minimum absolute atomic E-state index is 0. The van der Waals surface area contributed by atoms with Gasteiger partial charge < -0.3 is 19.5 Å². The molecule has 0 aliphatic carbocycles. The molecule has 0 fully saturated rings. The Balaban J connectivity index is 0.00000312. The Bertz CT molecular complexity index is 630. The lowest BCUT2D eigenvalue weighted by Crippen LogP contribution is -2.38. The number of guanidine groups is 1. The van der Waals surface area contributed by atoms with E-state index >= 15 is 0 Å². The Morgan fingerprint density at radius 3 is 2.60 bits per heavy atom. The molecule has 0 spiro atoms. The molecule has 7 heteroatoms. The molecule has 0 saturated carbocycles. The summed E-state index contributed by atoms with van der Waals surface area (Å²) in [6.45, 7) is 10.5. The number of nitrogens with one attached hydrogen (secondary N) is 2. The van der Waals surface area contributed by atoms with Crippen molar-refractivity contribution in [3.63, 3.8) is 0 Å². The van der Waals surface area contributed by atoms with E-state index in [9.17, 15) is 0 Å². The molecule has 140 valence electrons. The molecule has 25 heavy (non-hydrogen) atoms. The van der Waals surface area contributed by atoms with Crippen LogP contribution in [0.5, 0.6) is 0 Å². The Morgan fingerprint density at radius 2 is 2.00 bits per heavy atom. The van der Waals surface area contributed by atoms with Crippen molar-refractivity contribution in [1.82, 2.24) is 15.6 Å². The number of hydrogen-bond donors (Lipinski definition) is 2. The van der Waals surface area contributed by atoms with Gasteiger partial charge in [-0.25, -0.2) is 9.98 Å². The van der Waals surface area contributed by atoms with E-state index in [0.29, 0.717) is 12.4 Å². The van der Waals surface area contributed by atoms with Gasteiger partial charge in [-0.05, 0) is 18.6 Å². The molecule has 0 atom stereocenters. The van der Waals surface area contributed by atoms with Crippen LogP contribution in [0.2, 0.25) is 0 Å². The van der Waals surface area contributed by atoms with Gasteiger partial charge in [0.05, 0.1) is 12.5 Å². The number of halogens is 1. The van der Waals surface area contributed by atoms with Crippen molar-refractivity contribution < 1.29 is 8.83 Å². The van der Waals surface area contributed by atoms with E-state index in [4.69, 9.17) is 8.83 Å². The van der Waals surface area contributed by atoms with Crippen LogP contribution in [0, 0.1) is 0 Å². The standard InChI is InChI=1S/C18H28N4O2.HI/c1-5-9-19-17(20-10-8-14-7-6-11-23-14)22-13-16-21-12-15(24-16)18(2,3)4;/h6-7,11-12H,5,8-10,13H2,1-4H3,(H2,19,20,22);1H. The summed E-state index contributed by atoms with van der Waals surface area (Å²) in [6.07, 6.45) is 5.32. The van der Waals surface area contributed by atoms with Gasteiger partial charge in [0.25, 0.3) is 0 Å². The van der Waals surface area contributed by atoms with Crippen LogP contribution in [0.3, 0.4) is 0 Å². The molecule has 2 heterocycles. The molecule has 2 N–H and O–H groups in total. The molecule has 0 radical (unpaired) electrons. The van der Waals surface area contributed by atoms with Gasteiger partial charge in [0.2, 0.25) is 5.89 Å². The van der Waals surface area contributed by atoms with E-state index < -0.39 is 0 Å². The second kappa shape index (κ2) is 10.5. The summed E-state index contributed by atoms with van der Waals surface area (Å²) in [7, 11) is 0. The molecule has 0 saturated heterocycles. The summed E-state index contributed by atoms with van der Waals surface area (Å²) in [4.78, 5) is 8.86. The number of furan rings is 1. The van der Waals surface area contributed by atoms with Crippen LogP contribution in [0.15, 0.2) is 38.4 Å². The Kier molecular flexibility index (Phi) is 9.02. The summed E-state index contributed by atoms with van der Waals surface area (Å²) in [5, 5.41) is 6.61. The van der Waals surface area contributed by atoms with Crippen molar-refractivity contribution in [2.75, 3.05) is 13.1 Å². The van der Waals surface area contributed by atoms with Gasteiger partial charge in [-0.3, -0.25) is 0 Å². The topological polar surface area (TPSA) is 75.6 Å². The first kappa shape index (κ1) is 21.5. The fraction of sp³-hybridized carbons (Fsp3) is 0.556. The number of oxazole rings is 1. The van der Waals surface area contributed by atoms with Gasteiger partial charge in [-0.2, -0.15) is 0 Å². The van der Waals surface area contributed by atoms with Crippen molar-refractivity contribution in [3.8, 4) is 0 Å². The van der Waals surface area contributed by atoms with Crippen molar-refractivity contribution in [3.05, 3.63) is 42.0 Å². The number of nitrogens with zero attached hydrogens (tertiary/aromatic N) is 2. The van der Waals surface area contributed by atoms with Gasteiger partial charge in [0.1, 0.15) is 18.1 Å². The zero-order chi connectivity index (χ0) is 17.4. The number of aliphatic imine (C=N–C) groups is 1. The zero-order valence-electron chi connectivity index (χ0n) is 15.5. The lowest BCUT2D eigenvalue weighted by molar-refractivity contribution is 0.383. The molecular formula is C18H29IN4O2. The van der Waals surface area contributed by atoms with Crippen molar-refractivity contribution in [2.24, 2.45) is 4.99 Å². The van der Waals surface area contributed by atoms with Gasteiger partial charge in [0.15, 0.2) is 5.96 Å². The van der Waals surface area contributed by atoms with Crippen LogP contribution in [-0.2, 0) is 18.4 Å². The lowest BCUT2D eigenvalue weighted by Gasteiger charge is -2.13. The van der Waals surface area contributed by atoms with Gasteiger partial charge >= 0.3 is 0 Å². The second-order valence-corrected chi connectivity index (χ2v) is 6.72. The Labute approximate surface area is 166 Å². The number of hydrogen-bond acceptors (Lipinski definition) is 4. The minimum Gasteiger partial charge on any atom is -0.469 e. The molecule has 0 bridgehead atoms. The van der Waals surface area contributed by atoms with Crippen molar-refractivity contribution in [2.45, 2.75) is 52.5 Å². The van der Waals surface area contributed by atoms with Crippen LogP contribution in [0.25, 0.3) is 0 Å². The first-order valence-electron chi connectivity index (χ1n) is 8.49. The number of aromatic nitrogens is 1. The minimum atomic E-state index is -0.0421. The maximum Gasteiger partial charge on any atom is 0.216 e. The molecule has 2 aromatic heterocycles. The summed E-state index contributed by atoms with van der Waals surface area (Å²) < 4.78 is 11.1. The van der Waals surface area contributed by atoms with Gasteiger partial charge in [-0.15, -0.1) is 24.0 Å². The van der Waals surface area contributed by atoms with E-state index in [1.165, 1.54) is 0 Å². The molecule has 2 rings (SSSR count). The molecule has 0 aliphatic rings. The predicted octanol–water partition coefficient (Wildman–Crippen LogP) is 3.87. The average molecular weight is 460 g/mol. The van der Waals surface area contributed by atoms with Gasteiger partial charge in [-0.1, -0.05) is 27.7 Å². The third-order valence-electron chi connectivity index (χ3n) is 3.45. The maximum absolute atomic E-state index is 5.78. The van der Waals surface area contributed by atoms with Crippen LogP contribution in [0.1, 0.15) is 51.5 Å². The highest BCUT2D eigenvalue weighted by atomic mass is 127. The molecule has 0 aromatic carbocycles. The van der Waals surface area contributed by atoms with E-state index in [1.807, 2.05) is 12.1 Å². The first-order valence-corrected chi connectivity index (χ1v) is 8.49. The van der Waals surface area contributed by atoms with Crippen LogP contribution in [-0.4, -0.2) is 24.0 Å². The zero-order valence-corrected chi connectivity index (χ0v) is 17.8.